The second-order valence-corrected chi connectivity index (χ2v) is 4.54. The lowest BCUT2D eigenvalue weighted by molar-refractivity contribution is -0.132. The first-order valence-corrected chi connectivity index (χ1v) is 6.50. The normalized spacial score (nSPS) is 18.1. The fraction of sp³-hybridized carbons (Fsp3) is 0.500. The number of morpholine rings is 1. The van der Waals surface area contributed by atoms with Crippen LogP contribution >= 0.6 is 12.4 Å². The van der Waals surface area contributed by atoms with Gasteiger partial charge in [-0.05, 0) is 30.7 Å². The van der Waals surface area contributed by atoms with Gasteiger partial charge in [-0.2, -0.15) is 0 Å². The van der Waals surface area contributed by atoms with Crippen LogP contribution in [0.25, 0.3) is 0 Å². The van der Waals surface area contributed by atoms with E-state index in [0.29, 0.717) is 6.54 Å². The molecule has 1 saturated heterocycles. The zero-order valence-electron chi connectivity index (χ0n) is 11.6. The maximum Gasteiger partial charge on any atom is 0.246 e. The van der Waals surface area contributed by atoms with Gasteiger partial charge in [-0.3, -0.25) is 4.79 Å². The van der Waals surface area contributed by atoms with Gasteiger partial charge in [-0.1, -0.05) is 12.1 Å². The minimum absolute atomic E-state index is 0. The lowest BCUT2D eigenvalue weighted by atomic mass is 10.1. The number of carbonyl (C=O) groups is 1. The molecule has 1 atom stereocenters. The minimum Gasteiger partial charge on any atom is -0.497 e. The van der Waals surface area contributed by atoms with E-state index >= 15 is 0 Å². The largest absolute Gasteiger partial charge is 0.497 e. The molecular weight excluding hydrogens is 280 g/mol. The van der Waals surface area contributed by atoms with Crippen molar-refractivity contribution in [1.29, 1.82) is 0 Å². The molecule has 0 aliphatic carbocycles. The quantitative estimate of drug-likeness (QED) is 0.762. The molecule has 1 heterocycles. The zero-order valence-corrected chi connectivity index (χ0v) is 12.4. The monoisotopic (exact) mass is 300 g/mol. The van der Waals surface area contributed by atoms with Crippen LogP contribution < -0.4 is 15.4 Å². The SMILES string of the molecule is COc1cccc(CCNC[C@@H]2CNC(=O)CO2)c1.Cl. The Balaban J connectivity index is 0.00000200. The Hall–Kier alpha value is -1.30. The van der Waals surface area contributed by atoms with Crippen molar-refractivity contribution in [2.45, 2.75) is 12.5 Å². The molecule has 1 aromatic rings. The highest BCUT2D eigenvalue weighted by Gasteiger charge is 2.17. The molecule has 1 aromatic carbocycles. The maximum atomic E-state index is 10.9. The van der Waals surface area contributed by atoms with Crippen molar-refractivity contribution in [3.05, 3.63) is 29.8 Å². The molecule has 2 N–H and O–H groups in total. The van der Waals surface area contributed by atoms with Crippen molar-refractivity contribution in [2.24, 2.45) is 0 Å². The summed E-state index contributed by atoms with van der Waals surface area (Å²) in [5, 5.41) is 6.12. The van der Waals surface area contributed by atoms with Crippen molar-refractivity contribution in [3.63, 3.8) is 0 Å². The third-order valence-electron chi connectivity index (χ3n) is 3.07. The molecule has 0 unspecified atom stereocenters. The highest BCUT2D eigenvalue weighted by atomic mass is 35.5. The van der Waals surface area contributed by atoms with Gasteiger partial charge < -0.3 is 20.1 Å². The fourth-order valence-electron chi connectivity index (χ4n) is 1.99. The molecule has 5 nitrogen and oxygen atoms in total. The first-order chi connectivity index (χ1) is 9.28. The zero-order chi connectivity index (χ0) is 13.5. The van der Waals surface area contributed by atoms with Gasteiger partial charge in [0.15, 0.2) is 0 Å². The van der Waals surface area contributed by atoms with Crippen molar-refractivity contribution >= 4 is 18.3 Å². The van der Waals surface area contributed by atoms with Gasteiger partial charge in [-0.25, -0.2) is 0 Å². The van der Waals surface area contributed by atoms with Crippen molar-refractivity contribution in [1.82, 2.24) is 10.6 Å². The number of nitrogens with one attached hydrogen (secondary N) is 2. The maximum absolute atomic E-state index is 10.9. The number of hydrogen-bond acceptors (Lipinski definition) is 4. The third-order valence-corrected chi connectivity index (χ3v) is 3.07. The number of ether oxygens (including phenoxy) is 2. The van der Waals surface area contributed by atoms with E-state index < -0.39 is 0 Å². The Labute approximate surface area is 125 Å². The molecule has 0 aromatic heterocycles. The lowest BCUT2D eigenvalue weighted by Crippen LogP contribution is -2.47. The molecule has 0 saturated carbocycles. The van der Waals surface area contributed by atoms with Gasteiger partial charge in [0, 0.05) is 13.1 Å². The molecule has 6 heteroatoms. The summed E-state index contributed by atoms with van der Waals surface area (Å²) in [6.07, 6.45) is 1.01. The van der Waals surface area contributed by atoms with Crippen LogP contribution in [0.2, 0.25) is 0 Å². The molecule has 20 heavy (non-hydrogen) atoms. The van der Waals surface area contributed by atoms with Crippen LogP contribution in [0.1, 0.15) is 5.56 Å². The molecule has 0 spiro atoms. The second-order valence-electron chi connectivity index (χ2n) is 4.54. The molecule has 2 rings (SSSR count). The van der Waals surface area contributed by atoms with Crippen LogP contribution in [0.3, 0.4) is 0 Å². The van der Waals surface area contributed by atoms with E-state index in [4.69, 9.17) is 9.47 Å². The number of benzene rings is 1. The molecule has 112 valence electrons. The lowest BCUT2D eigenvalue weighted by Gasteiger charge is -2.23. The molecule has 0 radical (unpaired) electrons. The predicted octanol–water partition coefficient (Wildman–Crippen LogP) is 0.764. The van der Waals surface area contributed by atoms with Crippen LogP contribution in [-0.2, 0) is 16.0 Å². The van der Waals surface area contributed by atoms with E-state index in [2.05, 4.69) is 16.7 Å². The molecule has 1 amide bonds. The number of methoxy groups -OCH3 is 1. The third kappa shape index (κ3) is 5.36. The van der Waals surface area contributed by atoms with Gasteiger partial charge in [0.05, 0.1) is 13.2 Å². The topological polar surface area (TPSA) is 59.6 Å². The van der Waals surface area contributed by atoms with Gasteiger partial charge in [0.25, 0.3) is 0 Å². The Morgan fingerprint density at radius 1 is 1.50 bits per heavy atom. The molecule has 1 fully saturated rings. The van der Waals surface area contributed by atoms with Gasteiger partial charge in [0.2, 0.25) is 5.91 Å². The number of hydrogen-bond donors (Lipinski definition) is 2. The van der Waals surface area contributed by atoms with Crippen LogP contribution in [-0.4, -0.2) is 45.4 Å². The number of rotatable bonds is 6. The van der Waals surface area contributed by atoms with E-state index in [1.54, 1.807) is 7.11 Å². The average Bonchev–Trinajstić information content (AvgIpc) is 2.46. The predicted molar refractivity (Wildman–Crippen MR) is 79.6 cm³/mol. The van der Waals surface area contributed by atoms with Gasteiger partial charge >= 0.3 is 0 Å². The standard InChI is InChI=1S/C14H20N2O3.ClH/c1-18-12-4-2-3-11(7-12)5-6-15-8-13-9-16-14(17)10-19-13;/h2-4,7,13,15H,5-6,8-10H2,1H3,(H,16,17);1H/t13-;/m1./s1. The van der Waals surface area contributed by atoms with Crippen molar-refractivity contribution in [2.75, 3.05) is 33.4 Å². The highest BCUT2D eigenvalue weighted by molar-refractivity contribution is 5.85. The Kier molecular flexibility index (Phi) is 7.36. The second kappa shape index (κ2) is 8.79. The van der Waals surface area contributed by atoms with Gasteiger partial charge in [0.1, 0.15) is 12.4 Å². The van der Waals surface area contributed by atoms with E-state index in [9.17, 15) is 4.79 Å². The summed E-state index contributed by atoms with van der Waals surface area (Å²) < 4.78 is 10.6. The molecular formula is C14H21ClN2O3. The van der Waals surface area contributed by atoms with Crippen LogP contribution in [0, 0.1) is 0 Å². The first kappa shape index (κ1) is 16.8. The Bertz CT molecular complexity index is 419. The Morgan fingerprint density at radius 2 is 2.35 bits per heavy atom. The minimum atomic E-state index is -0.0346. The van der Waals surface area contributed by atoms with Crippen LogP contribution in [0.5, 0.6) is 5.75 Å². The first-order valence-electron chi connectivity index (χ1n) is 6.50. The number of halogens is 1. The summed E-state index contributed by atoms with van der Waals surface area (Å²) >= 11 is 0. The number of amides is 1. The average molecular weight is 301 g/mol. The van der Waals surface area contributed by atoms with Crippen LogP contribution in [0.4, 0.5) is 0 Å². The summed E-state index contributed by atoms with van der Waals surface area (Å²) in [7, 11) is 1.67. The van der Waals surface area contributed by atoms with E-state index in [0.717, 1.165) is 25.3 Å². The molecule has 1 aliphatic heterocycles. The fourth-order valence-corrected chi connectivity index (χ4v) is 1.99. The highest BCUT2D eigenvalue weighted by Crippen LogP contribution is 2.12. The summed E-state index contributed by atoms with van der Waals surface area (Å²) in [5.74, 6) is 0.850. The van der Waals surface area contributed by atoms with E-state index in [1.807, 2.05) is 18.2 Å². The Morgan fingerprint density at radius 3 is 3.05 bits per heavy atom. The van der Waals surface area contributed by atoms with E-state index in [1.165, 1.54) is 5.56 Å². The summed E-state index contributed by atoms with van der Waals surface area (Å²) in [6.45, 7) is 2.39. The molecule has 1 aliphatic rings. The van der Waals surface area contributed by atoms with E-state index in [-0.39, 0.29) is 31.0 Å². The summed E-state index contributed by atoms with van der Waals surface area (Å²) in [5.41, 5.74) is 1.24. The smallest absolute Gasteiger partial charge is 0.246 e. The van der Waals surface area contributed by atoms with Gasteiger partial charge in [-0.15, -0.1) is 12.4 Å². The van der Waals surface area contributed by atoms with Crippen molar-refractivity contribution in [3.8, 4) is 5.75 Å². The van der Waals surface area contributed by atoms with Crippen molar-refractivity contribution < 1.29 is 14.3 Å². The summed E-state index contributed by atoms with van der Waals surface area (Å²) in [4.78, 5) is 10.9. The molecule has 0 bridgehead atoms. The van der Waals surface area contributed by atoms with Crippen LogP contribution in [0.15, 0.2) is 24.3 Å². The number of carbonyl (C=O) groups excluding carboxylic acids is 1. The summed E-state index contributed by atoms with van der Waals surface area (Å²) in [6, 6.07) is 8.06.